The Labute approximate surface area is 170 Å². The molecule has 0 aliphatic carbocycles. The molecule has 2 aliphatic rings. The molecule has 0 bridgehead atoms. The van der Waals surface area contributed by atoms with E-state index in [-0.39, 0.29) is 24.3 Å². The van der Waals surface area contributed by atoms with Gasteiger partial charge in [0, 0.05) is 37.7 Å². The number of carbonyl (C=O) groups excluding carboxylic acids is 2. The number of aryl methyl sites for hydroxylation is 1. The molecule has 28 heavy (non-hydrogen) atoms. The van der Waals surface area contributed by atoms with Crippen LogP contribution in [0.4, 0.5) is 5.69 Å². The lowest BCUT2D eigenvalue weighted by Crippen LogP contribution is -2.52. The largest absolute Gasteiger partial charge is 0.297 e. The third kappa shape index (κ3) is 3.97. The maximum Gasteiger partial charge on any atom is 0.251 e. The minimum Gasteiger partial charge on any atom is -0.297 e. The smallest absolute Gasteiger partial charge is 0.251 e. The molecule has 4 rings (SSSR count). The Morgan fingerprint density at radius 2 is 1.71 bits per heavy atom. The fourth-order valence-corrected chi connectivity index (χ4v) is 4.19. The number of hydrogen-bond donors (Lipinski definition) is 0. The molecule has 1 atom stereocenters. The van der Waals surface area contributed by atoms with Crippen molar-refractivity contribution < 1.29 is 9.59 Å². The fourth-order valence-electron chi connectivity index (χ4n) is 4.06. The number of imide groups is 1. The Morgan fingerprint density at radius 3 is 2.39 bits per heavy atom. The van der Waals surface area contributed by atoms with Gasteiger partial charge < -0.3 is 0 Å². The maximum absolute atomic E-state index is 12.9. The molecular formula is C22H24ClN3O2. The molecule has 0 N–H and O–H groups in total. The summed E-state index contributed by atoms with van der Waals surface area (Å²) in [6.45, 7) is 6.41. The number of anilines is 1. The number of piperazine rings is 1. The first-order valence-corrected chi connectivity index (χ1v) is 10.0. The van der Waals surface area contributed by atoms with Gasteiger partial charge in [0.05, 0.1) is 18.2 Å². The summed E-state index contributed by atoms with van der Waals surface area (Å²) in [5.41, 5.74) is 3.18. The van der Waals surface area contributed by atoms with Crippen molar-refractivity contribution in [2.75, 3.05) is 31.1 Å². The average molecular weight is 398 g/mol. The third-order valence-corrected chi connectivity index (χ3v) is 5.80. The first kappa shape index (κ1) is 19.1. The zero-order chi connectivity index (χ0) is 19.7. The second-order valence-corrected chi connectivity index (χ2v) is 8.00. The fraction of sp³-hybridized carbons (Fsp3) is 0.364. The summed E-state index contributed by atoms with van der Waals surface area (Å²) in [7, 11) is 0. The molecule has 6 heteroatoms. The Hall–Kier alpha value is -2.21. The van der Waals surface area contributed by atoms with Crippen LogP contribution in [0.1, 0.15) is 17.5 Å². The number of hydrogen-bond acceptors (Lipinski definition) is 4. The third-order valence-electron chi connectivity index (χ3n) is 5.54. The molecule has 5 nitrogen and oxygen atoms in total. The molecule has 2 amide bonds. The van der Waals surface area contributed by atoms with Crippen molar-refractivity contribution in [2.45, 2.75) is 25.9 Å². The minimum atomic E-state index is -0.357. The van der Waals surface area contributed by atoms with Gasteiger partial charge >= 0.3 is 0 Å². The maximum atomic E-state index is 12.9. The van der Waals surface area contributed by atoms with Crippen molar-refractivity contribution >= 4 is 29.1 Å². The lowest BCUT2D eigenvalue weighted by atomic mass is 10.1. The molecule has 2 saturated heterocycles. The van der Waals surface area contributed by atoms with Gasteiger partial charge in [0.2, 0.25) is 5.91 Å². The minimum absolute atomic E-state index is 0.126. The van der Waals surface area contributed by atoms with Crippen LogP contribution in [0.3, 0.4) is 0 Å². The van der Waals surface area contributed by atoms with E-state index in [9.17, 15) is 9.59 Å². The molecule has 2 aromatic rings. The van der Waals surface area contributed by atoms with Gasteiger partial charge in [0.25, 0.3) is 5.91 Å². The Balaban J connectivity index is 1.37. The molecule has 0 radical (unpaired) electrons. The van der Waals surface area contributed by atoms with Crippen LogP contribution in [0.5, 0.6) is 0 Å². The Kier molecular flexibility index (Phi) is 5.49. The van der Waals surface area contributed by atoms with E-state index in [1.807, 2.05) is 0 Å². The second-order valence-electron chi connectivity index (χ2n) is 7.56. The van der Waals surface area contributed by atoms with E-state index in [1.165, 1.54) is 16.0 Å². The zero-order valence-electron chi connectivity index (χ0n) is 16.0. The quantitative estimate of drug-likeness (QED) is 0.743. The first-order chi connectivity index (χ1) is 13.5. The van der Waals surface area contributed by atoms with Crippen molar-refractivity contribution in [3.05, 3.63) is 64.7 Å². The molecule has 2 fully saturated rings. The van der Waals surface area contributed by atoms with Crippen LogP contribution in [0, 0.1) is 6.92 Å². The Morgan fingerprint density at radius 1 is 1.00 bits per heavy atom. The van der Waals surface area contributed by atoms with Crippen molar-refractivity contribution in [3.63, 3.8) is 0 Å². The van der Waals surface area contributed by atoms with Gasteiger partial charge in [-0.05, 0) is 36.8 Å². The summed E-state index contributed by atoms with van der Waals surface area (Å²) in [6.07, 6.45) is 0.249. The van der Waals surface area contributed by atoms with Gasteiger partial charge in [0.1, 0.15) is 0 Å². The number of nitrogens with zero attached hydrogens (tertiary/aromatic N) is 3. The van der Waals surface area contributed by atoms with Crippen molar-refractivity contribution in [2.24, 2.45) is 0 Å². The predicted octanol–water partition coefficient (Wildman–Crippen LogP) is 3.10. The van der Waals surface area contributed by atoms with Gasteiger partial charge in [0.15, 0.2) is 0 Å². The summed E-state index contributed by atoms with van der Waals surface area (Å²) in [4.78, 5) is 31.3. The standard InChI is InChI=1S/C22H24ClN3O2/c1-16-3-2-4-17(13-16)15-24-9-11-25(12-10-24)20-14-21(27)26(22(20)28)19-7-5-18(23)6-8-19/h2-8,13,20H,9-12,14-15H2,1H3/t20-/m0/s1. The van der Waals surface area contributed by atoms with Gasteiger partial charge in [-0.1, -0.05) is 41.4 Å². The normalized spacial score (nSPS) is 21.5. The van der Waals surface area contributed by atoms with Gasteiger partial charge in [-0.3, -0.25) is 19.4 Å². The van der Waals surface area contributed by atoms with Gasteiger partial charge in [-0.2, -0.15) is 0 Å². The van der Waals surface area contributed by atoms with Crippen LogP contribution in [0.25, 0.3) is 0 Å². The van der Waals surface area contributed by atoms with E-state index in [4.69, 9.17) is 11.6 Å². The highest BCUT2D eigenvalue weighted by Gasteiger charge is 2.43. The zero-order valence-corrected chi connectivity index (χ0v) is 16.7. The summed E-state index contributed by atoms with van der Waals surface area (Å²) in [5, 5.41) is 0.587. The van der Waals surface area contributed by atoms with Crippen molar-refractivity contribution in [1.82, 2.24) is 9.80 Å². The highest BCUT2D eigenvalue weighted by atomic mass is 35.5. The monoisotopic (exact) mass is 397 g/mol. The molecular weight excluding hydrogens is 374 g/mol. The number of amides is 2. The van der Waals surface area contributed by atoms with Crippen LogP contribution in [0.2, 0.25) is 5.02 Å². The van der Waals surface area contributed by atoms with Crippen molar-refractivity contribution in [3.8, 4) is 0 Å². The van der Waals surface area contributed by atoms with Crippen LogP contribution >= 0.6 is 11.6 Å². The molecule has 2 aliphatic heterocycles. The van der Waals surface area contributed by atoms with Crippen LogP contribution in [0.15, 0.2) is 48.5 Å². The highest BCUT2D eigenvalue weighted by molar-refractivity contribution is 6.30. The summed E-state index contributed by atoms with van der Waals surface area (Å²) in [5.74, 6) is -0.265. The first-order valence-electron chi connectivity index (χ1n) is 9.65. The van der Waals surface area contributed by atoms with E-state index >= 15 is 0 Å². The molecule has 0 aromatic heterocycles. The molecule has 0 spiro atoms. The summed E-state index contributed by atoms with van der Waals surface area (Å²) in [6, 6.07) is 15.1. The van der Waals surface area contributed by atoms with Crippen molar-refractivity contribution in [1.29, 1.82) is 0 Å². The lowest BCUT2D eigenvalue weighted by Gasteiger charge is -2.37. The van der Waals surface area contributed by atoms with E-state index in [0.29, 0.717) is 10.7 Å². The number of halogens is 1. The SMILES string of the molecule is Cc1cccc(CN2CCN([C@H]3CC(=O)N(c4ccc(Cl)cc4)C3=O)CC2)c1. The molecule has 0 unspecified atom stereocenters. The molecule has 2 aromatic carbocycles. The topological polar surface area (TPSA) is 43.9 Å². The van der Waals surface area contributed by atoms with E-state index in [1.54, 1.807) is 24.3 Å². The van der Waals surface area contributed by atoms with Gasteiger partial charge in [-0.25, -0.2) is 4.90 Å². The molecule has 146 valence electrons. The van der Waals surface area contributed by atoms with Gasteiger partial charge in [-0.15, -0.1) is 0 Å². The Bertz CT molecular complexity index is 876. The average Bonchev–Trinajstić information content (AvgIpc) is 2.98. The summed E-state index contributed by atoms with van der Waals surface area (Å²) < 4.78 is 0. The van der Waals surface area contributed by atoms with Crippen LogP contribution in [-0.4, -0.2) is 53.8 Å². The molecule has 0 saturated carbocycles. The number of rotatable bonds is 4. The number of carbonyl (C=O) groups is 2. The predicted molar refractivity (Wildman–Crippen MR) is 110 cm³/mol. The highest BCUT2D eigenvalue weighted by Crippen LogP contribution is 2.27. The lowest BCUT2D eigenvalue weighted by molar-refractivity contribution is -0.123. The van der Waals surface area contributed by atoms with E-state index < -0.39 is 0 Å². The summed E-state index contributed by atoms with van der Waals surface area (Å²) >= 11 is 5.92. The molecule has 2 heterocycles. The van der Waals surface area contributed by atoms with Crippen LogP contribution < -0.4 is 4.90 Å². The van der Waals surface area contributed by atoms with E-state index in [2.05, 4.69) is 41.0 Å². The number of benzene rings is 2. The van der Waals surface area contributed by atoms with Crippen LogP contribution in [-0.2, 0) is 16.1 Å². The van der Waals surface area contributed by atoms with E-state index in [0.717, 1.165) is 32.7 Å². The second kappa shape index (κ2) is 8.03.